The lowest BCUT2D eigenvalue weighted by atomic mass is 9.86. The first-order valence-electron chi connectivity index (χ1n) is 6.61. The van der Waals surface area contributed by atoms with Crippen molar-refractivity contribution < 1.29 is 14.1 Å². The van der Waals surface area contributed by atoms with Gasteiger partial charge in [-0.25, -0.2) is 0 Å². The van der Waals surface area contributed by atoms with E-state index in [0.29, 0.717) is 18.3 Å². The van der Waals surface area contributed by atoms with E-state index < -0.39 is 5.41 Å². The molecule has 0 N–H and O–H groups in total. The Labute approximate surface area is 107 Å². The summed E-state index contributed by atoms with van der Waals surface area (Å²) in [5, 5.41) is 3.95. The van der Waals surface area contributed by atoms with E-state index in [0.717, 1.165) is 25.7 Å². The third kappa shape index (κ3) is 2.13. The summed E-state index contributed by atoms with van der Waals surface area (Å²) < 4.78 is 10.5. The van der Waals surface area contributed by atoms with Crippen LogP contribution in [0.15, 0.2) is 4.52 Å². The van der Waals surface area contributed by atoms with Gasteiger partial charge in [0.2, 0.25) is 5.89 Å². The van der Waals surface area contributed by atoms with Gasteiger partial charge in [0.15, 0.2) is 5.82 Å². The molecule has 1 aliphatic rings. The molecule has 0 amide bonds. The van der Waals surface area contributed by atoms with Crippen LogP contribution in [-0.4, -0.2) is 22.7 Å². The number of esters is 1. The number of rotatable bonds is 4. The predicted octanol–water partition coefficient (Wildman–Crippen LogP) is 2.57. The SMILES string of the molecule is CCOC(=O)C1(c2nc(C(C)C)no2)CCCC1. The summed E-state index contributed by atoms with van der Waals surface area (Å²) in [5.74, 6) is 1.06. The zero-order chi connectivity index (χ0) is 13.2. The van der Waals surface area contributed by atoms with Gasteiger partial charge >= 0.3 is 5.97 Å². The van der Waals surface area contributed by atoms with Crippen LogP contribution in [0.1, 0.15) is 64.1 Å². The number of aromatic nitrogens is 2. The first-order chi connectivity index (χ1) is 8.60. The molecule has 5 heteroatoms. The molecule has 1 heterocycles. The number of hydrogen-bond acceptors (Lipinski definition) is 5. The van der Waals surface area contributed by atoms with Crippen molar-refractivity contribution in [2.24, 2.45) is 0 Å². The minimum absolute atomic E-state index is 0.197. The quantitative estimate of drug-likeness (QED) is 0.770. The fraction of sp³-hybridized carbons (Fsp3) is 0.769. The molecular formula is C13H20N2O3. The first-order valence-corrected chi connectivity index (χ1v) is 6.61. The van der Waals surface area contributed by atoms with Crippen LogP contribution in [0.25, 0.3) is 0 Å². The molecule has 0 unspecified atom stereocenters. The molecule has 1 fully saturated rings. The average molecular weight is 252 g/mol. The highest BCUT2D eigenvalue weighted by Gasteiger charge is 2.49. The second kappa shape index (κ2) is 5.08. The Morgan fingerprint density at radius 3 is 2.61 bits per heavy atom. The number of hydrogen-bond donors (Lipinski definition) is 0. The predicted molar refractivity (Wildman–Crippen MR) is 65.2 cm³/mol. The molecule has 5 nitrogen and oxygen atoms in total. The summed E-state index contributed by atoms with van der Waals surface area (Å²) in [5.41, 5.74) is -0.698. The van der Waals surface area contributed by atoms with Crippen molar-refractivity contribution >= 4 is 5.97 Å². The van der Waals surface area contributed by atoms with Gasteiger partial charge in [-0.15, -0.1) is 0 Å². The number of carbonyl (C=O) groups excluding carboxylic acids is 1. The second-order valence-electron chi connectivity index (χ2n) is 5.12. The zero-order valence-corrected chi connectivity index (χ0v) is 11.2. The van der Waals surface area contributed by atoms with E-state index in [-0.39, 0.29) is 11.9 Å². The van der Waals surface area contributed by atoms with Gasteiger partial charge in [0, 0.05) is 5.92 Å². The minimum atomic E-state index is -0.698. The summed E-state index contributed by atoms with van der Waals surface area (Å²) in [7, 11) is 0. The summed E-state index contributed by atoms with van der Waals surface area (Å²) in [6.07, 6.45) is 3.48. The normalized spacial score (nSPS) is 18.2. The molecular weight excluding hydrogens is 232 g/mol. The molecule has 0 aliphatic heterocycles. The van der Waals surface area contributed by atoms with Gasteiger partial charge in [0.25, 0.3) is 0 Å². The first kappa shape index (κ1) is 13.1. The van der Waals surface area contributed by atoms with E-state index in [1.165, 1.54) is 0 Å². The van der Waals surface area contributed by atoms with Crippen molar-refractivity contribution in [1.82, 2.24) is 10.1 Å². The Bertz CT molecular complexity index is 420. The Kier molecular flexibility index (Phi) is 3.68. The van der Waals surface area contributed by atoms with Crippen molar-refractivity contribution in [2.45, 2.75) is 57.8 Å². The molecule has 1 aromatic heterocycles. The number of ether oxygens (including phenoxy) is 1. The molecule has 0 bridgehead atoms. The Hall–Kier alpha value is -1.39. The molecule has 0 spiro atoms. The van der Waals surface area contributed by atoms with E-state index in [9.17, 15) is 4.79 Å². The largest absolute Gasteiger partial charge is 0.465 e. The smallest absolute Gasteiger partial charge is 0.321 e. The van der Waals surface area contributed by atoms with Crippen LogP contribution in [0.2, 0.25) is 0 Å². The molecule has 2 rings (SSSR count). The highest BCUT2D eigenvalue weighted by molar-refractivity contribution is 5.82. The van der Waals surface area contributed by atoms with Gasteiger partial charge in [0.1, 0.15) is 5.41 Å². The average Bonchev–Trinajstić information content (AvgIpc) is 2.99. The topological polar surface area (TPSA) is 65.2 Å². The third-order valence-corrected chi connectivity index (χ3v) is 3.49. The molecule has 0 atom stereocenters. The van der Waals surface area contributed by atoms with Gasteiger partial charge in [-0.2, -0.15) is 4.98 Å². The summed E-state index contributed by atoms with van der Waals surface area (Å²) in [6.45, 7) is 6.19. The molecule has 18 heavy (non-hydrogen) atoms. The Morgan fingerprint density at radius 2 is 2.11 bits per heavy atom. The Morgan fingerprint density at radius 1 is 1.44 bits per heavy atom. The van der Waals surface area contributed by atoms with Crippen molar-refractivity contribution in [3.63, 3.8) is 0 Å². The fourth-order valence-electron chi connectivity index (χ4n) is 2.42. The second-order valence-corrected chi connectivity index (χ2v) is 5.12. The summed E-state index contributed by atoms with van der Waals surface area (Å²) >= 11 is 0. The maximum absolute atomic E-state index is 12.2. The molecule has 0 radical (unpaired) electrons. The zero-order valence-electron chi connectivity index (χ0n) is 11.2. The summed E-state index contributed by atoms with van der Waals surface area (Å²) in [4.78, 5) is 16.6. The molecule has 0 saturated heterocycles. The maximum Gasteiger partial charge on any atom is 0.321 e. The van der Waals surface area contributed by atoms with Crippen LogP contribution in [0.3, 0.4) is 0 Å². The van der Waals surface area contributed by atoms with E-state index in [1.807, 2.05) is 20.8 Å². The lowest BCUT2D eigenvalue weighted by molar-refractivity contribution is -0.151. The van der Waals surface area contributed by atoms with Crippen LogP contribution in [0.4, 0.5) is 0 Å². The van der Waals surface area contributed by atoms with Crippen LogP contribution in [0.5, 0.6) is 0 Å². The molecule has 1 saturated carbocycles. The molecule has 100 valence electrons. The van der Waals surface area contributed by atoms with Gasteiger partial charge in [-0.3, -0.25) is 4.79 Å². The minimum Gasteiger partial charge on any atom is -0.465 e. The van der Waals surface area contributed by atoms with E-state index in [1.54, 1.807) is 0 Å². The van der Waals surface area contributed by atoms with Crippen LogP contribution >= 0.6 is 0 Å². The third-order valence-electron chi connectivity index (χ3n) is 3.49. The summed E-state index contributed by atoms with van der Waals surface area (Å²) in [6, 6.07) is 0. The highest BCUT2D eigenvalue weighted by atomic mass is 16.5. The monoisotopic (exact) mass is 252 g/mol. The molecule has 0 aromatic carbocycles. The van der Waals surface area contributed by atoms with Crippen LogP contribution in [-0.2, 0) is 14.9 Å². The van der Waals surface area contributed by atoms with Crippen LogP contribution < -0.4 is 0 Å². The number of nitrogens with zero attached hydrogens (tertiary/aromatic N) is 2. The van der Waals surface area contributed by atoms with E-state index in [4.69, 9.17) is 9.26 Å². The fourth-order valence-corrected chi connectivity index (χ4v) is 2.42. The maximum atomic E-state index is 12.2. The number of carbonyl (C=O) groups is 1. The van der Waals surface area contributed by atoms with Crippen molar-refractivity contribution in [1.29, 1.82) is 0 Å². The van der Waals surface area contributed by atoms with Gasteiger partial charge in [-0.05, 0) is 19.8 Å². The molecule has 1 aliphatic carbocycles. The lowest BCUT2D eigenvalue weighted by Gasteiger charge is -2.21. The lowest BCUT2D eigenvalue weighted by Crippen LogP contribution is -2.35. The Balaban J connectivity index is 2.31. The van der Waals surface area contributed by atoms with E-state index in [2.05, 4.69) is 10.1 Å². The van der Waals surface area contributed by atoms with E-state index >= 15 is 0 Å². The van der Waals surface area contributed by atoms with Gasteiger partial charge in [-0.1, -0.05) is 31.8 Å². The standard InChI is InChI=1S/C13H20N2O3/c1-4-17-12(16)13(7-5-6-8-13)11-14-10(9(2)3)15-18-11/h9H,4-8H2,1-3H3. The highest BCUT2D eigenvalue weighted by Crippen LogP contribution is 2.41. The molecule has 1 aromatic rings. The van der Waals surface area contributed by atoms with Crippen LogP contribution in [0, 0.1) is 0 Å². The van der Waals surface area contributed by atoms with Crippen molar-refractivity contribution in [3.8, 4) is 0 Å². The van der Waals surface area contributed by atoms with Crippen molar-refractivity contribution in [2.75, 3.05) is 6.61 Å². The van der Waals surface area contributed by atoms with Gasteiger partial charge < -0.3 is 9.26 Å². The van der Waals surface area contributed by atoms with Gasteiger partial charge in [0.05, 0.1) is 6.61 Å². The van der Waals surface area contributed by atoms with Crippen molar-refractivity contribution in [3.05, 3.63) is 11.7 Å².